The third-order valence-electron chi connectivity index (χ3n) is 11.8. The third-order valence-corrected chi connectivity index (χ3v) is 11.8. The lowest BCUT2D eigenvalue weighted by Crippen LogP contribution is -2.31. The van der Waals surface area contributed by atoms with Gasteiger partial charge in [-0.3, -0.25) is 0 Å². The van der Waals surface area contributed by atoms with Gasteiger partial charge >= 0.3 is 0 Å². The van der Waals surface area contributed by atoms with Gasteiger partial charge in [-0.2, -0.15) is 0 Å². The molecule has 2 aliphatic rings. The number of rotatable bonds is 9. The summed E-state index contributed by atoms with van der Waals surface area (Å²) in [7, 11) is 0. The average Bonchev–Trinajstić information content (AvgIpc) is 3.72. The van der Waals surface area contributed by atoms with Crippen LogP contribution in [0.4, 0.5) is 5.69 Å². The second-order valence-electron chi connectivity index (χ2n) is 16.9. The van der Waals surface area contributed by atoms with E-state index in [1.165, 1.54) is 55.8 Å². The Bertz CT molecular complexity index is 2750. The van der Waals surface area contributed by atoms with E-state index in [0.717, 1.165) is 29.1 Å². The van der Waals surface area contributed by atoms with Gasteiger partial charge in [0.25, 0.3) is 0 Å². The number of benzene rings is 6. The second kappa shape index (κ2) is 15.3. The van der Waals surface area contributed by atoms with Crippen LogP contribution in [0.5, 0.6) is 0 Å². The molecule has 59 heavy (non-hydrogen) atoms. The van der Waals surface area contributed by atoms with Gasteiger partial charge in [0, 0.05) is 34.8 Å². The molecular formula is C55H50N4. The first-order valence-electron chi connectivity index (χ1n) is 20.8. The molecule has 6 aromatic carbocycles. The minimum Gasteiger partial charge on any atom is -0.365 e. The van der Waals surface area contributed by atoms with E-state index < -0.39 is 5.41 Å². The first-order valence-corrected chi connectivity index (χ1v) is 20.8. The van der Waals surface area contributed by atoms with Crippen molar-refractivity contribution in [3.8, 4) is 45.0 Å². The SMILES string of the molecule is C/C=C\C1=C(/C=C\CN(c2ccccc2)C(C)C)C2(c3ccccc31)c1ccccc1-c1c(-c3ccc(-c4nc(-c5ccccc5)nc(C(C)(C)C)n4)cc3)cccc12. The van der Waals surface area contributed by atoms with Crippen molar-refractivity contribution in [3.63, 3.8) is 0 Å². The zero-order valence-electron chi connectivity index (χ0n) is 34.8. The number of allylic oxidation sites excluding steroid dienone is 5. The van der Waals surface area contributed by atoms with E-state index in [-0.39, 0.29) is 5.41 Å². The topological polar surface area (TPSA) is 41.9 Å². The molecular weight excluding hydrogens is 717 g/mol. The summed E-state index contributed by atoms with van der Waals surface area (Å²) < 4.78 is 0. The maximum absolute atomic E-state index is 5.01. The van der Waals surface area contributed by atoms with Crippen LogP contribution in [0.25, 0.3) is 50.6 Å². The zero-order valence-corrected chi connectivity index (χ0v) is 34.8. The van der Waals surface area contributed by atoms with Crippen LogP contribution in [-0.4, -0.2) is 27.5 Å². The van der Waals surface area contributed by atoms with Crippen molar-refractivity contribution in [1.82, 2.24) is 15.0 Å². The molecule has 1 aromatic heterocycles. The molecule has 4 nitrogen and oxygen atoms in total. The van der Waals surface area contributed by atoms with E-state index in [1.807, 2.05) is 18.2 Å². The second-order valence-corrected chi connectivity index (χ2v) is 16.9. The van der Waals surface area contributed by atoms with Gasteiger partial charge in [-0.05, 0) is 88.6 Å². The van der Waals surface area contributed by atoms with Crippen LogP contribution in [0, 0.1) is 0 Å². The molecule has 290 valence electrons. The summed E-state index contributed by atoms with van der Waals surface area (Å²) in [6.45, 7) is 13.9. The van der Waals surface area contributed by atoms with Crippen molar-refractivity contribution in [2.45, 2.75) is 58.4 Å². The molecule has 0 aliphatic heterocycles. The van der Waals surface area contributed by atoms with Crippen molar-refractivity contribution in [3.05, 3.63) is 210 Å². The molecule has 1 atom stereocenters. The van der Waals surface area contributed by atoms with Crippen LogP contribution in [0.15, 0.2) is 182 Å². The van der Waals surface area contributed by atoms with E-state index in [0.29, 0.717) is 17.7 Å². The highest BCUT2D eigenvalue weighted by Gasteiger charge is 2.52. The molecule has 1 unspecified atom stereocenters. The van der Waals surface area contributed by atoms with Gasteiger partial charge in [-0.1, -0.05) is 185 Å². The van der Waals surface area contributed by atoms with Gasteiger partial charge < -0.3 is 4.90 Å². The Kier molecular flexibility index (Phi) is 9.81. The van der Waals surface area contributed by atoms with Gasteiger partial charge in [0.1, 0.15) is 5.82 Å². The van der Waals surface area contributed by atoms with E-state index in [2.05, 4.69) is 204 Å². The Morgan fingerprint density at radius 1 is 0.559 bits per heavy atom. The van der Waals surface area contributed by atoms with Crippen molar-refractivity contribution < 1.29 is 0 Å². The lowest BCUT2D eigenvalue weighted by molar-refractivity contribution is 0.543. The van der Waals surface area contributed by atoms with Crippen LogP contribution in [0.1, 0.15) is 69.6 Å². The van der Waals surface area contributed by atoms with Crippen LogP contribution < -0.4 is 4.90 Å². The molecule has 0 fully saturated rings. The fourth-order valence-corrected chi connectivity index (χ4v) is 9.12. The Morgan fingerprint density at radius 2 is 1.10 bits per heavy atom. The van der Waals surface area contributed by atoms with Crippen molar-refractivity contribution in [2.24, 2.45) is 0 Å². The molecule has 2 aliphatic carbocycles. The molecule has 0 bridgehead atoms. The van der Waals surface area contributed by atoms with Gasteiger partial charge in [0.15, 0.2) is 11.6 Å². The number of hydrogen-bond donors (Lipinski definition) is 0. The maximum atomic E-state index is 5.01. The van der Waals surface area contributed by atoms with Crippen molar-refractivity contribution in [1.29, 1.82) is 0 Å². The Morgan fingerprint density at radius 3 is 1.75 bits per heavy atom. The van der Waals surface area contributed by atoms with Crippen LogP contribution in [0.2, 0.25) is 0 Å². The molecule has 1 spiro atoms. The van der Waals surface area contributed by atoms with Crippen molar-refractivity contribution >= 4 is 11.3 Å². The molecule has 0 N–H and O–H groups in total. The quantitative estimate of drug-likeness (QED) is 0.147. The van der Waals surface area contributed by atoms with E-state index in [1.54, 1.807) is 0 Å². The highest BCUT2D eigenvalue weighted by Crippen LogP contribution is 2.63. The molecule has 9 rings (SSSR count). The lowest BCUT2D eigenvalue weighted by Gasteiger charge is -2.32. The van der Waals surface area contributed by atoms with E-state index in [9.17, 15) is 0 Å². The fraction of sp³-hybridized carbons (Fsp3) is 0.182. The maximum Gasteiger partial charge on any atom is 0.163 e. The Hall–Kier alpha value is -6.65. The van der Waals surface area contributed by atoms with Crippen molar-refractivity contribution in [2.75, 3.05) is 11.4 Å². The van der Waals surface area contributed by atoms with Gasteiger partial charge in [0.2, 0.25) is 0 Å². The first kappa shape index (κ1) is 37.9. The normalized spacial score (nSPS) is 15.7. The zero-order chi connectivity index (χ0) is 40.7. The van der Waals surface area contributed by atoms with Gasteiger partial charge in [-0.15, -0.1) is 0 Å². The number of fused-ring (bicyclic) bond motifs is 7. The molecule has 7 aromatic rings. The van der Waals surface area contributed by atoms with Gasteiger partial charge in [0.05, 0.1) is 5.41 Å². The number of nitrogens with zero attached hydrogens (tertiary/aromatic N) is 4. The van der Waals surface area contributed by atoms with Gasteiger partial charge in [-0.25, -0.2) is 15.0 Å². The van der Waals surface area contributed by atoms with Crippen LogP contribution in [0.3, 0.4) is 0 Å². The molecule has 0 amide bonds. The summed E-state index contributed by atoms with van der Waals surface area (Å²) >= 11 is 0. The number of hydrogen-bond acceptors (Lipinski definition) is 4. The predicted octanol–water partition coefficient (Wildman–Crippen LogP) is 13.3. The monoisotopic (exact) mass is 766 g/mol. The molecule has 4 heteroatoms. The largest absolute Gasteiger partial charge is 0.365 e. The molecule has 0 radical (unpaired) electrons. The molecule has 1 heterocycles. The summed E-state index contributed by atoms with van der Waals surface area (Å²) in [6.07, 6.45) is 9.29. The third kappa shape index (κ3) is 6.53. The molecule has 0 saturated heterocycles. The Labute approximate surface area is 349 Å². The fourth-order valence-electron chi connectivity index (χ4n) is 9.12. The van der Waals surface area contributed by atoms with E-state index >= 15 is 0 Å². The van der Waals surface area contributed by atoms with Crippen LogP contribution >= 0.6 is 0 Å². The Balaban J connectivity index is 1.19. The number of anilines is 1. The minimum atomic E-state index is -0.485. The summed E-state index contributed by atoms with van der Waals surface area (Å²) in [5.74, 6) is 2.15. The number of aromatic nitrogens is 3. The first-order chi connectivity index (χ1) is 28.7. The number of para-hydroxylation sites is 1. The summed E-state index contributed by atoms with van der Waals surface area (Å²) in [5, 5.41) is 0. The smallest absolute Gasteiger partial charge is 0.163 e. The summed E-state index contributed by atoms with van der Waals surface area (Å²) in [4.78, 5) is 17.4. The average molecular weight is 767 g/mol. The highest BCUT2D eigenvalue weighted by atomic mass is 15.1. The lowest BCUT2D eigenvalue weighted by atomic mass is 9.69. The predicted molar refractivity (Wildman–Crippen MR) is 246 cm³/mol. The minimum absolute atomic E-state index is 0.237. The van der Waals surface area contributed by atoms with Crippen LogP contribution in [-0.2, 0) is 10.8 Å². The van der Waals surface area contributed by atoms with E-state index in [4.69, 9.17) is 15.0 Å². The standard InChI is InChI=1S/C55H50N4/c1-7-20-43-44-25-14-16-28-46(44)55(47(43)31-19-36-59(37(2)3)41-23-12-9-13-24-41)48-29-17-15-26-45(48)50-42(27-18-30-49(50)55)38-32-34-40(35-33-38)52-56-51(39-21-10-8-11-22-39)57-53(58-52)54(4,5)6/h7-35,37H,36H2,1-6H3/b20-7-,31-19-. The summed E-state index contributed by atoms with van der Waals surface area (Å²) in [5.41, 5.74) is 15.2. The highest BCUT2D eigenvalue weighted by molar-refractivity contribution is 6.01. The summed E-state index contributed by atoms with van der Waals surface area (Å²) in [6, 6.07) is 55.1. The molecule has 0 saturated carbocycles.